The molecule has 0 unspecified atom stereocenters. The van der Waals surface area contributed by atoms with Crippen LogP contribution >= 0.6 is 11.8 Å². The van der Waals surface area contributed by atoms with Crippen LogP contribution in [0.3, 0.4) is 0 Å². The summed E-state index contributed by atoms with van der Waals surface area (Å²) in [6.07, 6.45) is 0.683. The average molecular weight is 307 g/mol. The minimum absolute atomic E-state index is 0.521. The van der Waals surface area contributed by atoms with Gasteiger partial charge >= 0.3 is 5.16 Å². The monoisotopic (exact) mass is 307 g/mol. The molecule has 114 valence electrons. The number of rotatable bonds is 7. The molecule has 0 atom stereocenters. The zero-order valence-electron chi connectivity index (χ0n) is 11.4. The molecule has 0 bridgehead atoms. The summed E-state index contributed by atoms with van der Waals surface area (Å²) < 4.78 is 8.94. The van der Waals surface area contributed by atoms with Crippen molar-refractivity contribution in [1.82, 2.24) is 15.1 Å². The van der Waals surface area contributed by atoms with Crippen molar-refractivity contribution >= 4 is 18.2 Å². The van der Waals surface area contributed by atoms with Gasteiger partial charge in [0.05, 0.1) is 36.3 Å². The number of ether oxygens (including phenoxy) is 1. The van der Waals surface area contributed by atoms with Gasteiger partial charge in [-0.3, -0.25) is 4.79 Å². The summed E-state index contributed by atoms with van der Waals surface area (Å²) in [5.74, 6) is 1.58. The number of hydrogen-bond acceptors (Lipinski definition) is 7. The predicted octanol–water partition coefficient (Wildman–Crippen LogP) is -0.781. The normalized spacial score (nSPS) is 9.55. The van der Waals surface area contributed by atoms with Gasteiger partial charge in [-0.15, -0.1) is 4.68 Å². The average Bonchev–Trinajstić information content (AvgIpc) is 2.63. The van der Waals surface area contributed by atoms with Gasteiger partial charge in [-0.2, -0.15) is 0 Å². The van der Waals surface area contributed by atoms with Crippen LogP contribution in [-0.2, 0) is 23.1 Å². The van der Waals surface area contributed by atoms with E-state index in [9.17, 15) is 4.79 Å². The van der Waals surface area contributed by atoms with E-state index in [0.717, 1.165) is 17.5 Å². The molecule has 1 heterocycles. The first kappa shape index (κ1) is 18.1. The SMILES string of the molecule is COCC[n+]1c(SCNC=O)nn(C)c1C.O=[N+]([O-])[O-]. The number of nitrogens with zero attached hydrogens (tertiary/aromatic N) is 4. The van der Waals surface area contributed by atoms with Crippen LogP contribution in [0.15, 0.2) is 5.16 Å². The first-order valence-corrected chi connectivity index (χ1v) is 6.46. The molecule has 0 spiro atoms. The van der Waals surface area contributed by atoms with Crippen LogP contribution in [0.5, 0.6) is 0 Å². The Kier molecular flexibility index (Phi) is 9.04. The third-order valence-corrected chi connectivity index (χ3v) is 3.08. The van der Waals surface area contributed by atoms with E-state index in [1.807, 2.05) is 18.7 Å². The van der Waals surface area contributed by atoms with Crippen LogP contribution in [0, 0.1) is 22.2 Å². The van der Waals surface area contributed by atoms with Gasteiger partial charge in [0.2, 0.25) is 12.2 Å². The molecule has 0 saturated carbocycles. The third-order valence-electron chi connectivity index (χ3n) is 2.21. The topological polar surface area (TPSA) is 126 Å². The lowest BCUT2D eigenvalue weighted by Gasteiger charge is -2.01. The van der Waals surface area contributed by atoms with Crippen molar-refractivity contribution in [3.8, 4) is 0 Å². The molecule has 1 aromatic heterocycles. The van der Waals surface area contributed by atoms with E-state index in [4.69, 9.17) is 20.1 Å². The molecular formula is C9H17N5O5S. The minimum atomic E-state index is -1.75. The van der Waals surface area contributed by atoms with Gasteiger partial charge in [0.15, 0.2) is 0 Å². The number of hydrogen-bond donors (Lipinski definition) is 1. The largest absolute Gasteiger partial charge is 0.381 e. The summed E-state index contributed by atoms with van der Waals surface area (Å²) in [5, 5.41) is 22.6. The first-order chi connectivity index (χ1) is 9.43. The number of methoxy groups -OCH3 is 1. The van der Waals surface area contributed by atoms with Crippen molar-refractivity contribution in [2.45, 2.75) is 18.6 Å². The Balaban J connectivity index is 0.000000796. The van der Waals surface area contributed by atoms with Crippen LogP contribution in [0.1, 0.15) is 5.82 Å². The van der Waals surface area contributed by atoms with Crippen LogP contribution < -0.4 is 9.88 Å². The number of nitrogens with one attached hydrogen (secondary N) is 1. The second-order valence-corrected chi connectivity index (χ2v) is 4.37. The van der Waals surface area contributed by atoms with Gasteiger partial charge in [-0.25, -0.2) is 4.57 Å². The molecule has 0 aromatic carbocycles. The standard InChI is InChI=1S/C9H16N4O2S.NO3/c1-8-12(2)11-9(16-7-10-6-14)13(8)4-5-15-3;2-1(3)4/h6H,4-5,7H2,1-3H3;/q;-1/p+1. The van der Waals surface area contributed by atoms with Crippen molar-refractivity contribution in [3.05, 3.63) is 21.1 Å². The highest BCUT2D eigenvalue weighted by Crippen LogP contribution is 2.09. The van der Waals surface area contributed by atoms with Crippen molar-refractivity contribution in [2.24, 2.45) is 7.05 Å². The smallest absolute Gasteiger partial charge is 0.338 e. The molecule has 1 amide bonds. The molecule has 1 rings (SSSR count). The zero-order valence-corrected chi connectivity index (χ0v) is 12.3. The van der Waals surface area contributed by atoms with E-state index in [1.54, 1.807) is 7.11 Å². The summed E-state index contributed by atoms with van der Waals surface area (Å²) >= 11 is 1.49. The van der Waals surface area contributed by atoms with Crippen molar-refractivity contribution < 1.29 is 19.2 Å². The Morgan fingerprint density at radius 2 is 2.20 bits per heavy atom. The fourth-order valence-corrected chi connectivity index (χ4v) is 2.09. The summed E-state index contributed by atoms with van der Waals surface area (Å²) in [6.45, 7) is 3.41. The van der Waals surface area contributed by atoms with Crippen LogP contribution in [0.25, 0.3) is 0 Å². The minimum Gasteiger partial charge on any atom is -0.381 e. The summed E-state index contributed by atoms with van der Waals surface area (Å²) in [6, 6.07) is 0. The molecule has 0 saturated heterocycles. The lowest BCUT2D eigenvalue weighted by atomic mass is 10.6. The Morgan fingerprint density at radius 3 is 2.70 bits per heavy atom. The van der Waals surface area contributed by atoms with E-state index >= 15 is 0 Å². The maximum Gasteiger partial charge on any atom is 0.338 e. The highest BCUT2D eigenvalue weighted by molar-refractivity contribution is 7.99. The van der Waals surface area contributed by atoms with Gasteiger partial charge in [0.25, 0.3) is 0 Å². The molecule has 10 nitrogen and oxygen atoms in total. The molecule has 20 heavy (non-hydrogen) atoms. The van der Waals surface area contributed by atoms with E-state index in [1.165, 1.54) is 11.8 Å². The first-order valence-electron chi connectivity index (χ1n) is 5.47. The Bertz CT molecular complexity index is 435. The zero-order chi connectivity index (χ0) is 15.5. The Morgan fingerprint density at radius 1 is 1.60 bits per heavy atom. The van der Waals surface area contributed by atoms with Gasteiger partial charge in [0.1, 0.15) is 0 Å². The Labute approximate surface area is 119 Å². The predicted molar refractivity (Wildman–Crippen MR) is 70.3 cm³/mol. The molecule has 0 aliphatic carbocycles. The number of amides is 1. The van der Waals surface area contributed by atoms with E-state index in [-0.39, 0.29) is 0 Å². The van der Waals surface area contributed by atoms with E-state index < -0.39 is 5.09 Å². The fraction of sp³-hybridized carbons (Fsp3) is 0.667. The van der Waals surface area contributed by atoms with Crippen LogP contribution in [0.2, 0.25) is 0 Å². The van der Waals surface area contributed by atoms with E-state index in [0.29, 0.717) is 18.9 Å². The number of thioether (sulfide) groups is 1. The maximum atomic E-state index is 10.1. The highest BCUT2D eigenvalue weighted by atomic mass is 32.2. The maximum absolute atomic E-state index is 10.1. The molecule has 11 heteroatoms. The van der Waals surface area contributed by atoms with E-state index in [2.05, 4.69) is 15.0 Å². The molecule has 0 aliphatic rings. The lowest BCUT2D eigenvalue weighted by molar-refractivity contribution is -0.739. The Hall–Kier alpha value is -1.88. The number of aryl methyl sites for hydroxylation is 1. The summed E-state index contributed by atoms with van der Waals surface area (Å²) in [5.41, 5.74) is 0. The third kappa shape index (κ3) is 6.89. The van der Waals surface area contributed by atoms with Crippen molar-refractivity contribution in [3.63, 3.8) is 0 Å². The number of carbonyl (C=O) groups is 1. The molecular weight excluding hydrogens is 290 g/mol. The van der Waals surface area contributed by atoms with Crippen LogP contribution in [0.4, 0.5) is 0 Å². The molecule has 0 radical (unpaired) electrons. The second-order valence-electron chi connectivity index (χ2n) is 3.43. The fourth-order valence-electron chi connectivity index (χ4n) is 1.25. The number of aromatic nitrogens is 3. The highest BCUT2D eigenvalue weighted by Gasteiger charge is 2.20. The second kappa shape index (κ2) is 9.97. The van der Waals surface area contributed by atoms with Gasteiger partial charge in [0, 0.05) is 14.0 Å². The molecule has 1 aromatic rings. The van der Waals surface area contributed by atoms with Crippen LogP contribution in [-0.4, -0.2) is 40.9 Å². The quantitative estimate of drug-likeness (QED) is 0.133. The van der Waals surface area contributed by atoms with Crippen molar-refractivity contribution in [2.75, 3.05) is 19.6 Å². The molecule has 0 fully saturated rings. The molecule has 1 N–H and O–H groups in total. The molecule has 0 aliphatic heterocycles. The summed E-state index contributed by atoms with van der Waals surface area (Å²) in [7, 11) is 3.57. The summed E-state index contributed by atoms with van der Waals surface area (Å²) in [4.78, 5) is 18.4. The van der Waals surface area contributed by atoms with Gasteiger partial charge in [-0.05, 0) is 11.8 Å². The van der Waals surface area contributed by atoms with Gasteiger partial charge < -0.3 is 25.4 Å². The van der Waals surface area contributed by atoms with Gasteiger partial charge in [-0.1, -0.05) is 0 Å². The number of carbonyl (C=O) groups excluding carboxylic acids is 1. The van der Waals surface area contributed by atoms with Crippen molar-refractivity contribution in [1.29, 1.82) is 0 Å². The lowest BCUT2D eigenvalue weighted by Crippen LogP contribution is -2.40.